The average molecular weight is 389 g/mol. The molecular weight excluding hydrogens is 372 g/mol. The number of nitrogens with zero attached hydrogens (tertiary/aromatic N) is 2. The van der Waals surface area contributed by atoms with E-state index in [0.29, 0.717) is 26.8 Å². The van der Waals surface area contributed by atoms with Gasteiger partial charge in [0, 0.05) is 0 Å². The van der Waals surface area contributed by atoms with Gasteiger partial charge in [-0.05, 0) is 38.1 Å². The average Bonchev–Trinajstić information content (AvgIpc) is 2.60. The quantitative estimate of drug-likeness (QED) is 0.374. The molecule has 0 atom stereocenters. The van der Waals surface area contributed by atoms with Crippen molar-refractivity contribution in [3.63, 3.8) is 0 Å². The normalized spacial score (nSPS) is 11.1. The number of carbonyl (C=O) groups is 1. The molecule has 1 heterocycles. The SMILES string of the molecule is CC(C)OC(=O)CSc1nc2ccccc2c(=O)n1-c1ccccc1Cl. The first-order valence-corrected chi connectivity index (χ1v) is 9.42. The van der Waals surface area contributed by atoms with Gasteiger partial charge in [0.25, 0.3) is 5.56 Å². The third-order valence-electron chi connectivity index (χ3n) is 3.52. The van der Waals surface area contributed by atoms with Gasteiger partial charge in [0.05, 0.1) is 33.5 Å². The Morgan fingerprint density at radius 1 is 1.19 bits per heavy atom. The van der Waals surface area contributed by atoms with Gasteiger partial charge in [0.2, 0.25) is 0 Å². The number of rotatable bonds is 5. The maximum Gasteiger partial charge on any atom is 0.316 e. The number of halogens is 1. The fraction of sp³-hybridized carbons (Fsp3) is 0.211. The summed E-state index contributed by atoms with van der Waals surface area (Å²) in [5.41, 5.74) is 0.862. The lowest BCUT2D eigenvalue weighted by molar-refractivity contribution is -0.144. The Bertz CT molecular complexity index is 1020. The Labute approximate surface area is 160 Å². The molecule has 0 saturated heterocycles. The number of para-hydroxylation sites is 2. The maximum atomic E-state index is 13.1. The Morgan fingerprint density at radius 3 is 2.62 bits per heavy atom. The molecule has 1 aromatic heterocycles. The van der Waals surface area contributed by atoms with E-state index in [2.05, 4.69) is 4.98 Å². The molecule has 0 aliphatic rings. The van der Waals surface area contributed by atoms with Crippen molar-refractivity contribution in [1.29, 1.82) is 0 Å². The summed E-state index contributed by atoms with van der Waals surface area (Å²) >= 11 is 7.45. The van der Waals surface area contributed by atoms with Gasteiger partial charge >= 0.3 is 5.97 Å². The molecule has 0 fully saturated rings. The highest BCUT2D eigenvalue weighted by molar-refractivity contribution is 7.99. The highest BCUT2D eigenvalue weighted by Crippen LogP contribution is 2.25. The van der Waals surface area contributed by atoms with Crippen LogP contribution in [0.5, 0.6) is 0 Å². The molecule has 0 amide bonds. The summed E-state index contributed by atoms with van der Waals surface area (Å²) in [5, 5.41) is 1.31. The number of ether oxygens (including phenoxy) is 1. The number of thioether (sulfide) groups is 1. The zero-order valence-electron chi connectivity index (χ0n) is 14.3. The van der Waals surface area contributed by atoms with E-state index in [1.165, 1.54) is 4.57 Å². The predicted molar refractivity (Wildman–Crippen MR) is 104 cm³/mol. The third-order valence-corrected chi connectivity index (χ3v) is 4.76. The van der Waals surface area contributed by atoms with Crippen molar-refractivity contribution in [3.05, 3.63) is 63.9 Å². The first-order valence-electron chi connectivity index (χ1n) is 8.06. The third kappa shape index (κ3) is 3.92. The van der Waals surface area contributed by atoms with Gasteiger partial charge in [-0.15, -0.1) is 0 Å². The second-order valence-corrected chi connectivity index (χ2v) is 7.18. The van der Waals surface area contributed by atoms with Crippen molar-refractivity contribution in [2.75, 3.05) is 5.75 Å². The van der Waals surface area contributed by atoms with E-state index in [4.69, 9.17) is 16.3 Å². The van der Waals surface area contributed by atoms with Crippen LogP contribution in [0.4, 0.5) is 0 Å². The van der Waals surface area contributed by atoms with Gasteiger partial charge in [0.15, 0.2) is 5.16 Å². The smallest absolute Gasteiger partial charge is 0.316 e. The number of benzene rings is 2. The second-order valence-electron chi connectivity index (χ2n) is 5.83. The van der Waals surface area contributed by atoms with Gasteiger partial charge in [0.1, 0.15) is 0 Å². The Kier molecular flexibility index (Phi) is 5.64. The highest BCUT2D eigenvalue weighted by Gasteiger charge is 2.17. The van der Waals surface area contributed by atoms with Crippen LogP contribution < -0.4 is 5.56 Å². The van der Waals surface area contributed by atoms with Crippen molar-refractivity contribution in [2.45, 2.75) is 25.1 Å². The molecule has 0 aliphatic heterocycles. The van der Waals surface area contributed by atoms with Crippen LogP contribution in [0, 0.1) is 0 Å². The van der Waals surface area contributed by atoms with Gasteiger partial charge in [-0.2, -0.15) is 0 Å². The number of fused-ring (bicyclic) bond motifs is 1. The van der Waals surface area contributed by atoms with Crippen LogP contribution in [0.15, 0.2) is 58.5 Å². The fourth-order valence-corrected chi connectivity index (χ4v) is 3.48. The zero-order valence-corrected chi connectivity index (χ0v) is 15.9. The molecule has 0 unspecified atom stereocenters. The molecule has 7 heteroatoms. The van der Waals surface area contributed by atoms with Crippen molar-refractivity contribution < 1.29 is 9.53 Å². The van der Waals surface area contributed by atoms with Crippen molar-refractivity contribution >= 4 is 40.2 Å². The Balaban J connectivity index is 2.11. The van der Waals surface area contributed by atoms with Crippen molar-refractivity contribution in [2.24, 2.45) is 0 Å². The highest BCUT2D eigenvalue weighted by atomic mass is 35.5. The zero-order chi connectivity index (χ0) is 18.7. The van der Waals surface area contributed by atoms with E-state index in [1.807, 2.05) is 6.07 Å². The van der Waals surface area contributed by atoms with Crippen LogP contribution in [-0.4, -0.2) is 27.4 Å². The molecule has 0 spiro atoms. The van der Waals surface area contributed by atoms with Crippen molar-refractivity contribution in [3.8, 4) is 5.69 Å². The molecule has 3 aromatic rings. The number of hydrogen-bond donors (Lipinski definition) is 0. The molecule has 26 heavy (non-hydrogen) atoms. The predicted octanol–water partition coefficient (Wildman–Crippen LogP) is 4.08. The number of aromatic nitrogens is 2. The molecule has 0 N–H and O–H groups in total. The van der Waals surface area contributed by atoms with E-state index in [9.17, 15) is 9.59 Å². The van der Waals surface area contributed by atoms with E-state index in [1.54, 1.807) is 56.3 Å². The summed E-state index contributed by atoms with van der Waals surface area (Å²) in [6.45, 7) is 3.58. The number of esters is 1. The lowest BCUT2D eigenvalue weighted by Crippen LogP contribution is -2.23. The van der Waals surface area contributed by atoms with E-state index in [-0.39, 0.29) is 23.4 Å². The monoisotopic (exact) mass is 388 g/mol. The van der Waals surface area contributed by atoms with Crippen molar-refractivity contribution in [1.82, 2.24) is 9.55 Å². The van der Waals surface area contributed by atoms with Crippen LogP contribution in [0.25, 0.3) is 16.6 Å². The molecular formula is C19H17ClN2O3S. The summed E-state index contributed by atoms with van der Waals surface area (Å²) in [6, 6.07) is 14.1. The Morgan fingerprint density at radius 2 is 1.88 bits per heavy atom. The summed E-state index contributed by atoms with van der Waals surface area (Å²) in [7, 11) is 0. The molecule has 134 valence electrons. The lowest BCUT2D eigenvalue weighted by Gasteiger charge is -2.14. The van der Waals surface area contributed by atoms with Gasteiger partial charge < -0.3 is 4.74 Å². The minimum Gasteiger partial charge on any atom is -0.462 e. The first-order chi connectivity index (χ1) is 12.5. The summed E-state index contributed by atoms with van der Waals surface area (Å²) < 4.78 is 6.60. The summed E-state index contributed by atoms with van der Waals surface area (Å²) in [4.78, 5) is 29.5. The van der Waals surface area contributed by atoms with E-state index < -0.39 is 0 Å². The lowest BCUT2D eigenvalue weighted by atomic mass is 10.2. The molecule has 0 radical (unpaired) electrons. The molecule has 3 rings (SSSR count). The minimum absolute atomic E-state index is 0.0490. The number of hydrogen-bond acceptors (Lipinski definition) is 5. The molecule has 0 bridgehead atoms. The molecule has 2 aromatic carbocycles. The van der Waals surface area contributed by atoms with Crippen LogP contribution >= 0.6 is 23.4 Å². The van der Waals surface area contributed by atoms with Crippen LogP contribution in [-0.2, 0) is 9.53 Å². The minimum atomic E-state index is -0.363. The molecule has 5 nitrogen and oxygen atoms in total. The van der Waals surface area contributed by atoms with Gasteiger partial charge in [-0.25, -0.2) is 4.98 Å². The first kappa shape index (κ1) is 18.5. The maximum absolute atomic E-state index is 13.1. The summed E-state index contributed by atoms with van der Waals surface area (Å²) in [5.74, 6) is -0.314. The Hall–Kier alpha value is -2.31. The van der Waals surface area contributed by atoms with Gasteiger partial charge in [-0.1, -0.05) is 47.6 Å². The van der Waals surface area contributed by atoms with Crippen LogP contribution in [0.2, 0.25) is 5.02 Å². The van der Waals surface area contributed by atoms with Crippen LogP contribution in [0.3, 0.4) is 0 Å². The fourth-order valence-electron chi connectivity index (χ4n) is 2.48. The van der Waals surface area contributed by atoms with E-state index in [0.717, 1.165) is 11.8 Å². The number of carbonyl (C=O) groups excluding carboxylic acids is 1. The summed E-state index contributed by atoms with van der Waals surface area (Å²) in [6.07, 6.45) is -0.196. The van der Waals surface area contributed by atoms with Crippen LogP contribution in [0.1, 0.15) is 13.8 Å². The second kappa shape index (κ2) is 7.93. The van der Waals surface area contributed by atoms with Gasteiger partial charge in [-0.3, -0.25) is 14.2 Å². The molecule has 0 saturated carbocycles. The largest absolute Gasteiger partial charge is 0.462 e. The topological polar surface area (TPSA) is 61.2 Å². The van der Waals surface area contributed by atoms with E-state index >= 15 is 0 Å². The molecule has 0 aliphatic carbocycles. The standard InChI is InChI=1S/C19H17ClN2O3S/c1-12(2)25-17(23)11-26-19-21-15-9-5-3-7-13(15)18(24)22(19)16-10-6-4-8-14(16)20/h3-10,12H,11H2,1-2H3.